The van der Waals surface area contributed by atoms with Gasteiger partial charge in [0, 0.05) is 11.0 Å². The summed E-state index contributed by atoms with van der Waals surface area (Å²) in [6.07, 6.45) is 14.8. The highest BCUT2D eigenvalue weighted by atomic mass is 16.3. The van der Waals surface area contributed by atoms with Gasteiger partial charge in [0.2, 0.25) is 5.78 Å². The van der Waals surface area contributed by atoms with Gasteiger partial charge in [-0.3, -0.25) is 4.79 Å². The van der Waals surface area contributed by atoms with Crippen molar-refractivity contribution >= 4 is 13.6 Å². The standard InChI is InChI=1S/C32H43BO2/c1-9-20(2)27(4)12-13-28(5)14-16-30(7)25-11-10-22-21(3)26(35)24(34)18-23(22)29(25,6)15-17-31(30,8)32(28,33)19-27/h10-11,18,35H,2,9,12-17,19H2,1,3-8H3/t27-,28?,29?,30?,31-,32?/m1/s1. The summed E-state index contributed by atoms with van der Waals surface area (Å²) < 4.78 is 0. The second-order valence-corrected chi connectivity index (χ2v) is 13.8. The average Bonchev–Trinajstić information content (AvgIpc) is 2.81. The molecule has 5 rings (SSSR count). The smallest absolute Gasteiger partial charge is 0.220 e. The highest BCUT2D eigenvalue weighted by Crippen LogP contribution is 2.82. The van der Waals surface area contributed by atoms with Crippen molar-refractivity contribution in [3.05, 3.63) is 58.4 Å². The zero-order chi connectivity index (χ0) is 25.8. The molecule has 5 aliphatic carbocycles. The molecule has 0 saturated heterocycles. The zero-order valence-corrected chi connectivity index (χ0v) is 23.0. The van der Waals surface area contributed by atoms with Crippen LogP contribution in [0.3, 0.4) is 0 Å². The molecule has 35 heavy (non-hydrogen) atoms. The molecule has 0 bridgehead atoms. The molecule has 0 aromatic rings. The van der Waals surface area contributed by atoms with E-state index in [4.69, 9.17) is 7.85 Å². The van der Waals surface area contributed by atoms with Crippen LogP contribution in [0.4, 0.5) is 0 Å². The van der Waals surface area contributed by atoms with Gasteiger partial charge < -0.3 is 5.11 Å². The molecular formula is C32H43BO2. The number of hydrogen-bond donors (Lipinski definition) is 1. The van der Waals surface area contributed by atoms with Gasteiger partial charge in [-0.25, -0.2) is 0 Å². The Morgan fingerprint density at radius 1 is 1.03 bits per heavy atom. The van der Waals surface area contributed by atoms with E-state index in [1.165, 1.54) is 17.6 Å². The van der Waals surface area contributed by atoms with E-state index in [9.17, 15) is 9.90 Å². The number of allylic oxidation sites excluding steroid dienone is 8. The molecule has 3 saturated carbocycles. The first-order valence-corrected chi connectivity index (χ1v) is 13.7. The number of rotatable bonds is 2. The van der Waals surface area contributed by atoms with Crippen LogP contribution in [0, 0.1) is 27.1 Å². The summed E-state index contributed by atoms with van der Waals surface area (Å²) in [5, 5.41) is 10.1. The topological polar surface area (TPSA) is 37.3 Å². The second-order valence-electron chi connectivity index (χ2n) is 13.8. The van der Waals surface area contributed by atoms with Crippen molar-refractivity contribution in [2.75, 3.05) is 0 Å². The molecule has 0 aliphatic heterocycles. The van der Waals surface area contributed by atoms with E-state index < -0.39 is 0 Å². The molecule has 4 unspecified atom stereocenters. The maximum Gasteiger partial charge on any atom is 0.220 e. The van der Waals surface area contributed by atoms with E-state index in [0.29, 0.717) is 5.57 Å². The van der Waals surface area contributed by atoms with Gasteiger partial charge in [-0.05, 0) is 97.2 Å². The van der Waals surface area contributed by atoms with E-state index in [1.807, 2.05) is 6.92 Å². The minimum Gasteiger partial charge on any atom is -0.504 e. The fourth-order valence-corrected chi connectivity index (χ4v) is 9.38. The summed E-state index contributed by atoms with van der Waals surface area (Å²) in [6, 6.07) is 0. The van der Waals surface area contributed by atoms with Crippen molar-refractivity contribution in [1.82, 2.24) is 0 Å². The van der Waals surface area contributed by atoms with Crippen molar-refractivity contribution < 1.29 is 9.90 Å². The minimum absolute atomic E-state index is 0.0638. The summed E-state index contributed by atoms with van der Waals surface area (Å²) in [7, 11) is 7.81. The Hall–Kier alpha value is -1.77. The number of carbonyl (C=O) groups excluding carboxylic acids is 1. The fraction of sp³-hybridized carbons (Fsp3) is 0.656. The molecule has 1 N–H and O–H groups in total. The quantitative estimate of drug-likeness (QED) is 0.326. The van der Waals surface area contributed by atoms with Crippen LogP contribution in [0.2, 0.25) is 5.31 Å². The minimum atomic E-state index is -0.297. The Morgan fingerprint density at radius 2 is 1.69 bits per heavy atom. The number of carbonyl (C=O) groups is 1. The van der Waals surface area contributed by atoms with Gasteiger partial charge >= 0.3 is 0 Å². The average molecular weight is 471 g/mol. The Bertz CT molecular complexity index is 1170. The van der Waals surface area contributed by atoms with Crippen LogP contribution >= 0.6 is 0 Å². The highest BCUT2D eigenvalue weighted by molar-refractivity contribution is 6.17. The monoisotopic (exact) mass is 470 g/mol. The molecule has 6 atom stereocenters. The van der Waals surface area contributed by atoms with Crippen molar-refractivity contribution in [1.29, 1.82) is 0 Å². The van der Waals surface area contributed by atoms with Crippen LogP contribution in [-0.4, -0.2) is 18.7 Å². The summed E-state index contributed by atoms with van der Waals surface area (Å²) in [6.45, 7) is 20.8. The van der Waals surface area contributed by atoms with Crippen molar-refractivity contribution in [2.45, 2.75) is 105 Å². The molecule has 5 aliphatic rings. The van der Waals surface area contributed by atoms with Crippen molar-refractivity contribution in [2.24, 2.45) is 27.1 Å². The lowest BCUT2D eigenvalue weighted by Gasteiger charge is -2.75. The third-order valence-electron chi connectivity index (χ3n) is 12.5. The van der Waals surface area contributed by atoms with Gasteiger partial charge in [0.05, 0.1) is 7.85 Å². The summed E-state index contributed by atoms with van der Waals surface area (Å²) in [5.41, 5.74) is 5.44. The fourth-order valence-electron chi connectivity index (χ4n) is 9.38. The van der Waals surface area contributed by atoms with Crippen LogP contribution in [0.25, 0.3) is 0 Å². The van der Waals surface area contributed by atoms with Crippen molar-refractivity contribution in [3.63, 3.8) is 0 Å². The van der Waals surface area contributed by atoms with E-state index in [2.05, 4.69) is 60.3 Å². The first-order valence-electron chi connectivity index (χ1n) is 13.7. The predicted octanol–water partition coefficient (Wildman–Crippen LogP) is 8.29. The third kappa shape index (κ3) is 2.76. The van der Waals surface area contributed by atoms with Gasteiger partial charge in [0.1, 0.15) is 0 Å². The number of aliphatic hydroxyl groups is 1. The van der Waals surface area contributed by atoms with E-state index >= 15 is 0 Å². The normalized spacial score (nSPS) is 46.9. The molecule has 2 nitrogen and oxygen atoms in total. The van der Waals surface area contributed by atoms with E-state index in [-0.39, 0.29) is 43.9 Å². The van der Waals surface area contributed by atoms with Crippen molar-refractivity contribution in [3.8, 4) is 0 Å². The van der Waals surface area contributed by atoms with Gasteiger partial charge in [-0.15, -0.1) is 0 Å². The predicted molar refractivity (Wildman–Crippen MR) is 145 cm³/mol. The molecule has 0 spiro atoms. The number of hydrogen-bond acceptors (Lipinski definition) is 2. The van der Waals surface area contributed by atoms with Crippen LogP contribution in [-0.2, 0) is 4.79 Å². The maximum absolute atomic E-state index is 12.7. The van der Waals surface area contributed by atoms with Gasteiger partial charge in [0.25, 0.3) is 0 Å². The largest absolute Gasteiger partial charge is 0.504 e. The second kappa shape index (κ2) is 7.17. The van der Waals surface area contributed by atoms with E-state index in [1.54, 1.807) is 6.08 Å². The lowest BCUT2D eigenvalue weighted by Crippen LogP contribution is -2.64. The Kier molecular flexibility index (Phi) is 5.10. The Morgan fingerprint density at radius 3 is 2.34 bits per heavy atom. The Labute approximate surface area is 214 Å². The SMILES string of the molecule is [B]C12C[C@](C)(C(=C)CC)CCC1(C)CCC1(C)C3=CC=C4C(=CC(=O)C(O)=C4C)C3(C)CC[C@]12C. The molecule has 2 radical (unpaired) electrons. The van der Waals surface area contributed by atoms with E-state index in [0.717, 1.165) is 56.1 Å². The summed E-state index contributed by atoms with van der Waals surface area (Å²) in [4.78, 5) is 12.7. The number of aliphatic hydroxyl groups excluding tert-OH is 1. The van der Waals surface area contributed by atoms with Crippen LogP contribution < -0.4 is 0 Å². The molecule has 3 heteroatoms. The van der Waals surface area contributed by atoms with Gasteiger partial charge in [-0.1, -0.05) is 76.7 Å². The lowest BCUT2D eigenvalue weighted by molar-refractivity contribution is -0.144. The number of fused-ring (bicyclic) bond motifs is 7. The van der Waals surface area contributed by atoms with Gasteiger partial charge in [0.15, 0.2) is 5.76 Å². The zero-order valence-electron chi connectivity index (χ0n) is 23.0. The molecule has 0 heterocycles. The Balaban J connectivity index is 1.67. The first-order chi connectivity index (χ1) is 16.1. The molecule has 0 aromatic carbocycles. The summed E-state index contributed by atoms with van der Waals surface area (Å²) in [5.74, 6) is -0.373. The molecule has 186 valence electrons. The van der Waals surface area contributed by atoms with Gasteiger partial charge in [-0.2, -0.15) is 0 Å². The third-order valence-corrected chi connectivity index (χ3v) is 12.5. The maximum atomic E-state index is 12.7. The van der Waals surface area contributed by atoms with Crippen LogP contribution in [0.15, 0.2) is 58.4 Å². The summed E-state index contributed by atoms with van der Waals surface area (Å²) >= 11 is 0. The molecule has 0 aromatic heterocycles. The number of ketones is 1. The molecule has 3 fully saturated rings. The first kappa shape index (κ1) is 24.9. The van der Waals surface area contributed by atoms with Crippen LogP contribution in [0.5, 0.6) is 0 Å². The lowest BCUT2D eigenvalue weighted by atomic mass is 9.24. The highest BCUT2D eigenvalue weighted by Gasteiger charge is 2.71. The molecular weight excluding hydrogens is 427 g/mol. The molecule has 0 amide bonds. The van der Waals surface area contributed by atoms with Crippen LogP contribution in [0.1, 0.15) is 99.8 Å².